The molecule has 0 amide bonds. The Morgan fingerprint density at radius 1 is 1.08 bits per heavy atom. The summed E-state index contributed by atoms with van der Waals surface area (Å²) in [6.45, 7) is 0. The minimum absolute atomic E-state index is 0.671. The van der Waals surface area contributed by atoms with Gasteiger partial charge in [0.25, 0.3) is 0 Å². The fourth-order valence-corrected chi connectivity index (χ4v) is 1.08. The van der Waals surface area contributed by atoms with E-state index in [1.807, 2.05) is 13.1 Å². The number of nitrogens with one attached hydrogen (secondary N) is 1. The lowest BCUT2D eigenvalue weighted by Crippen LogP contribution is -1.93. The van der Waals surface area contributed by atoms with E-state index in [0.29, 0.717) is 5.65 Å². The van der Waals surface area contributed by atoms with Gasteiger partial charge in [-0.1, -0.05) is 0 Å². The number of fused-ring (bicyclic) bond motifs is 1. The normalized spacial score (nSPS) is 10.1. The van der Waals surface area contributed by atoms with Gasteiger partial charge in [-0.05, 0) is 6.07 Å². The molecular formula is C8H8N4. The van der Waals surface area contributed by atoms with Crippen molar-refractivity contribution in [1.82, 2.24) is 15.0 Å². The van der Waals surface area contributed by atoms with Crippen LogP contribution in [0, 0.1) is 0 Å². The molecule has 60 valence electrons. The molecule has 0 aromatic carbocycles. The molecule has 4 nitrogen and oxygen atoms in total. The van der Waals surface area contributed by atoms with Crippen LogP contribution in [0.4, 0.5) is 5.69 Å². The third-order valence-electron chi connectivity index (χ3n) is 1.64. The van der Waals surface area contributed by atoms with Crippen LogP contribution in [-0.4, -0.2) is 22.0 Å². The third-order valence-corrected chi connectivity index (χ3v) is 1.64. The van der Waals surface area contributed by atoms with Gasteiger partial charge in [-0.2, -0.15) is 0 Å². The number of hydrogen-bond donors (Lipinski definition) is 1. The van der Waals surface area contributed by atoms with Gasteiger partial charge in [0, 0.05) is 25.6 Å². The number of aromatic nitrogens is 3. The lowest BCUT2D eigenvalue weighted by Gasteiger charge is -2.01. The van der Waals surface area contributed by atoms with E-state index in [1.165, 1.54) is 0 Å². The Kier molecular flexibility index (Phi) is 1.59. The molecule has 0 aliphatic rings. The smallest absolute Gasteiger partial charge is 0.180 e. The summed E-state index contributed by atoms with van der Waals surface area (Å²) in [6.07, 6.45) is 5.00. The van der Waals surface area contributed by atoms with Crippen molar-refractivity contribution in [2.45, 2.75) is 0 Å². The Labute approximate surface area is 69.7 Å². The molecule has 0 radical (unpaired) electrons. The van der Waals surface area contributed by atoms with Crippen molar-refractivity contribution in [3.63, 3.8) is 0 Å². The van der Waals surface area contributed by atoms with Crippen molar-refractivity contribution in [3.8, 4) is 0 Å². The maximum atomic E-state index is 4.16. The highest BCUT2D eigenvalue weighted by Crippen LogP contribution is 2.15. The molecule has 0 saturated carbocycles. The minimum atomic E-state index is 0.671. The second-order valence-electron chi connectivity index (χ2n) is 2.34. The summed E-state index contributed by atoms with van der Waals surface area (Å²) < 4.78 is 0. The highest BCUT2D eigenvalue weighted by Gasteiger charge is 1.99. The van der Waals surface area contributed by atoms with Crippen molar-refractivity contribution in [3.05, 3.63) is 24.7 Å². The van der Waals surface area contributed by atoms with Gasteiger partial charge in [-0.15, -0.1) is 0 Å². The zero-order valence-corrected chi connectivity index (χ0v) is 6.65. The highest BCUT2D eigenvalue weighted by molar-refractivity contribution is 5.83. The number of nitrogens with zero attached hydrogens (tertiary/aromatic N) is 3. The molecule has 2 heterocycles. The zero-order chi connectivity index (χ0) is 8.39. The van der Waals surface area contributed by atoms with Crippen molar-refractivity contribution < 1.29 is 0 Å². The molecule has 2 rings (SSSR count). The third kappa shape index (κ3) is 0.972. The average molecular weight is 160 g/mol. The summed E-state index contributed by atoms with van der Waals surface area (Å²) in [6, 6.07) is 1.87. The van der Waals surface area contributed by atoms with Crippen LogP contribution in [0.2, 0.25) is 0 Å². The van der Waals surface area contributed by atoms with E-state index in [4.69, 9.17) is 0 Å². The van der Waals surface area contributed by atoms with E-state index < -0.39 is 0 Å². The summed E-state index contributed by atoms with van der Waals surface area (Å²) >= 11 is 0. The molecule has 2 aromatic heterocycles. The lowest BCUT2D eigenvalue weighted by molar-refractivity contribution is 1.22. The monoisotopic (exact) mass is 160 g/mol. The number of pyridine rings is 1. The van der Waals surface area contributed by atoms with E-state index in [1.54, 1.807) is 18.6 Å². The fraction of sp³-hybridized carbons (Fsp3) is 0.125. The summed E-state index contributed by atoms with van der Waals surface area (Å²) in [5.74, 6) is 0. The maximum Gasteiger partial charge on any atom is 0.180 e. The second-order valence-corrected chi connectivity index (χ2v) is 2.34. The maximum absolute atomic E-state index is 4.16. The molecule has 0 spiro atoms. The average Bonchev–Trinajstić information content (AvgIpc) is 2.17. The van der Waals surface area contributed by atoms with Crippen LogP contribution in [-0.2, 0) is 0 Å². The predicted molar refractivity (Wildman–Crippen MR) is 46.9 cm³/mol. The predicted octanol–water partition coefficient (Wildman–Crippen LogP) is 1.07. The fourth-order valence-electron chi connectivity index (χ4n) is 1.08. The van der Waals surface area contributed by atoms with Crippen LogP contribution in [0.15, 0.2) is 24.7 Å². The first kappa shape index (κ1) is 6.97. The van der Waals surface area contributed by atoms with Crippen molar-refractivity contribution in [2.75, 3.05) is 12.4 Å². The Bertz CT molecular complexity index is 394. The van der Waals surface area contributed by atoms with Gasteiger partial charge in [-0.3, -0.25) is 0 Å². The van der Waals surface area contributed by atoms with Gasteiger partial charge in [0.15, 0.2) is 5.65 Å². The molecule has 0 atom stereocenters. The van der Waals surface area contributed by atoms with Crippen LogP contribution in [0.25, 0.3) is 11.2 Å². The number of hydrogen-bond acceptors (Lipinski definition) is 4. The van der Waals surface area contributed by atoms with Gasteiger partial charge in [0.1, 0.15) is 5.52 Å². The van der Waals surface area contributed by atoms with Gasteiger partial charge < -0.3 is 5.32 Å². The molecule has 0 aliphatic carbocycles. The van der Waals surface area contributed by atoms with Gasteiger partial charge >= 0.3 is 0 Å². The molecule has 4 heteroatoms. The number of anilines is 1. The molecule has 0 fully saturated rings. The quantitative estimate of drug-likeness (QED) is 0.677. The van der Waals surface area contributed by atoms with Crippen LogP contribution >= 0.6 is 0 Å². The van der Waals surface area contributed by atoms with Gasteiger partial charge in [0.2, 0.25) is 0 Å². The van der Waals surface area contributed by atoms with Crippen molar-refractivity contribution >= 4 is 16.9 Å². The van der Waals surface area contributed by atoms with Gasteiger partial charge in [-0.25, -0.2) is 15.0 Å². The summed E-state index contributed by atoms with van der Waals surface area (Å²) in [5, 5.41) is 3.03. The summed E-state index contributed by atoms with van der Waals surface area (Å²) in [4.78, 5) is 12.3. The van der Waals surface area contributed by atoms with Gasteiger partial charge in [0.05, 0.1) is 5.69 Å². The Hall–Kier alpha value is -1.71. The topological polar surface area (TPSA) is 50.7 Å². The summed E-state index contributed by atoms with van der Waals surface area (Å²) in [5.41, 5.74) is 2.43. The lowest BCUT2D eigenvalue weighted by atomic mass is 10.3. The molecule has 0 bridgehead atoms. The largest absolute Gasteiger partial charge is 0.386 e. The molecule has 0 saturated heterocycles. The van der Waals surface area contributed by atoms with E-state index in [0.717, 1.165) is 11.2 Å². The Balaban J connectivity index is 2.79. The SMILES string of the molecule is CNc1ccnc2nccnc12. The first-order valence-electron chi connectivity index (χ1n) is 3.65. The first-order chi connectivity index (χ1) is 5.92. The highest BCUT2D eigenvalue weighted by atomic mass is 14.9. The molecule has 0 aliphatic heterocycles. The Morgan fingerprint density at radius 2 is 1.83 bits per heavy atom. The Morgan fingerprint density at radius 3 is 2.67 bits per heavy atom. The second kappa shape index (κ2) is 2.73. The van der Waals surface area contributed by atoms with E-state index >= 15 is 0 Å². The van der Waals surface area contributed by atoms with Crippen molar-refractivity contribution in [2.24, 2.45) is 0 Å². The first-order valence-corrected chi connectivity index (χ1v) is 3.65. The molecule has 0 unspecified atom stereocenters. The molecule has 1 N–H and O–H groups in total. The zero-order valence-electron chi connectivity index (χ0n) is 6.65. The molecule has 12 heavy (non-hydrogen) atoms. The van der Waals surface area contributed by atoms with E-state index in [2.05, 4.69) is 20.3 Å². The van der Waals surface area contributed by atoms with Crippen molar-refractivity contribution in [1.29, 1.82) is 0 Å². The van der Waals surface area contributed by atoms with Crippen LogP contribution in [0.5, 0.6) is 0 Å². The van der Waals surface area contributed by atoms with Crippen LogP contribution in [0.1, 0.15) is 0 Å². The van der Waals surface area contributed by atoms with E-state index in [9.17, 15) is 0 Å². The van der Waals surface area contributed by atoms with Crippen LogP contribution in [0.3, 0.4) is 0 Å². The van der Waals surface area contributed by atoms with E-state index in [-0.39, 0.29) is 0 Å². The standard InChI is InChI=1S/C8H8N4/c1-9-6-2-3-11-8-7(6)10-4-5-12-8/h2-5H,1H3,(H,9,11,12). The summed E-state index contributed by atoms with van der Waals surface area (Å²) in [7, 11) is 1.85. The minimum Gasteiger partial charge on any atom is -0.386 e. The molecular weight excluding hydrogens is 152 g/mol. The number of rotatable bonds is 1. The molecule has 2 aromatic rings. The van der Waals surface area contributed by atoms with Crippen LogP contribution < -0.4 is 5.32 Å².